The van der Waals surface area contributed by atoms with Gasteiger partial charge in [0.15, 0.2) is 0 Å². The van der Waals surface area contributed by atoms with Gasteiger partial charge in [-0.15, -0.1) is 0 Å². The van der Waals surface area contributed by atoms with E-state index in [0.29, 0.717) is 17.1 Å². The Hall–Kier alpha value is -0.980. The van der Waals surface area contributed by atoms with Crippen LogP contribution in [0.25, 0.3) is 0 Å². The Morgan fingerprint density at radius 1 is 1.22 bits per heavy atom. The molecule has 126 valence electrons. The van der Waals surface area contributed by atoms with Crippen molar-refractivity contribution < 1.29 is 5.11 Å². The maximum atomic E-state index is 9.86. The van der Waals surface area contributed by atoms with Gasteiger partial charge < -0.3 is 5.11 Å². The molecule has 0 saturated heterocycles. The van der Waals surface area contributed by atoms with Gasteiger partial charge in [0, 0.05) is 6.42 Å². The zero-order valence-corrected chi connectivity index (χ0v) is 14.9. The third kappa shape index (κ3) is 2.42. The highest BCUT2D eigenvalue weighted by molar-refractivity contribution is 5.31. The van der Waals surface area contributed by atoms with E-state index in [1.807, 2.05) is 6.08 Å². The molecule has 1 heteroatoms. The monoisotopic (exact) mass is 312 g/mol. The molecule has 1 N–H and O–H groups in total. The van der Waals surface area contributed by atoms with Crippen molar-refractivity contribution in [2.24, 2.45) is 29.1 Å². The average Bonchev–Trinajstić information content (AvgIpc) is 2.89. The molecule has 3 fully saturated rings. The van der Waals surface area contributed by atoms with Crippen molar-refractivity contribution in [2.75, 3.05) is 0 Å². The summed E-state index contributed by atoms with van der Waals surface area (Å²) in [5.74, 6) is 3.86. The molecule has 0 aromatic heterocycles. The smallest absolute Gasteiger partial charge is 0.0928 e. The van der Waals surface area contributed by atoms with E-state index in [1.54, 1.807) is 11.1 Å². The van der Waals surface area contributed by atoms with E-state index < -0.39 is 0 Å². The largest absolute Gasteiger partial charge is 0.512 e. The maximum absolute atomic E-state index is 9.86. The van der Waals surface area contributed by atoms with Crippen LogP contribution in [-0.2, 0) is 0 Å². The minimum absolute atomic E-state index is 0.496. The second-order valence-corrected chi connectivity index (χ2v) is 8.69. The number of rotatable bonds is 2. The first kappa shape index (κ1) is 15.5. The maximum Gasteiger partial charge on any atom is 0.0928 e. The topological polar surface area (TPSA) is 20.2 Å². The van der Waals surface area contributed by atoms with E-state index >= 15 is 0 Å². The molecule has 0 aliphatic heterocycles. The SMILES string of the molecule is CCC/C=C1/CCC2C3CCC4CC(O)=CC=C4C3CC[C@]12C. The molecule has 3 saturated carbocycles. The minimum atomic E-state index is 0.496. The van der Waals surface area contributed by atoms with Crippen molar-refractivity contribution in [1.82, 2.24) is 0 Å². The lowest BCUT2D eigenvalue weighted by Gasteiger charge is -2.52. The molecule has 4 aliphatic rings. The van der Waals surface area contributed by atoms with Gasteiger partial charge in [-0.1, -0.05) is 43.6 Å². The zero-order chi connectivity index (χ0) is 16.0. The number of hydrogen-bond donors (Lipinski definition) is 1. The molecule has 0 amide bonds. The number of hydrogen-bond acceptors (Lipinski definition) is 1. The standard InChI is InChI=1S/C22H32O/c1-3-4-5-16-7-11-21-20-9-6-15-14-17(23)8-10-18(15)19(20)12-13-22(16,21)2/h5,8,10,15,19-21,23H,3-4,6-7,9,11-14H2,1-2H3/b16-5-/t15?,19?,20?,21?,22-/m1/s1. The lowest BCUT2D eigenvalue weighted by Crippen LogP contribution is -2.43. The first-order valence-corrected chi connectivity index (χ1v) is 9.92. The second-order valence-electron chi connectivity index (χ2n) is 8.69. The van der Waals surface area contributed by atoms with E-state index in [2.05, 4.69) is 26.0 Å². The average molecular weight is 312 g/mol. The van der Waals surface area contributed by atoms with Crippen LogP contribution in [0.5, 0.6) is 0 Å². The summed E-state index contributed by atoms with van der Waals surface area (Å²) < 4.78 is 0. The van der Waals surface area contributed by atoms with Crippen molar-refractivity contribution in [1.29, 1.82) is 0 Å². The Kier molecular flexibility index (Phi) is 3.94. The number of aliphatic hydroxyl groups excluding tert-OH is 1. The molecule has 0 radical (unpaired) electrons. The lowest BCUT2D eigenvalue weighted by molar-refractivity contribution is 0.0442. The molecule has 1 nitrogen and oxygen atoms in total. The van der Waals surface area contributed by atoms with Crippen LogP contribution in [0.3, 0.4) is 0 Å². The van der Waals surface area contributed by atoms with Crippen molar-refractivity contribution in [3.63, 3.8) is 0 Å². The van der Waals surface area contributed by atoms with Crippen molar-refractivity contribution in [3.8, 4) is 0 Å². The van der Waals surface area contributed by atoms with Crippen LogP contribution in [0.1, 0.15) is 71.6 Å². The van der Waals surface area contributed by atoms with Gasteiger partial charge >= 0.3 is 0 Å². The predicted octanol–water partition coefficient (Wildman–Crippen LogP) is 6.34. The van der Waals surface area contributed by atoms with Gasteiger partial charge in [0.05, 0.1) is 5.76 Å². The highest BCUT2D eigenvalue weighted by Gasteiger charge is 2.53. The van der Waals surface area contributed by atoms with Gasteiger partial charge in [0.25, 0.3) is 0 Å². The first-order chi connectivity index (χ1) is 11.1. The second kappa shape index (κ2) is 5.83. The number of aliphatic hydroxyl groups is 1. The van der Waals surface area contributed by atoms with E-state index in [4.69, 9.17) is 0 Å². The molecule has 23 heavy (non-hydrogen) atoms. The lowest BCUT2D eigenvalue weighted by atomic mass is 9.53. The Labute approximate surface area is 141 Å². The normalized spacial score (nSPS) is 44.2. The first-order valence-electron chi connectivity index (χ1n) is 9.92. The molecule has 0 aromatic rings. The third-order valence-electron chi connectivity index (χ3n) is 7.64. The van der Waals surface area contributed by atoms with E-state index in [-0.39, 0.29) is 0 Å². The van der Waals surface area contributed by atoms with E-state index in [9.17, 15) is 5.11 Å². The summed E-state index contributed by atoms with van der Waals surface area (Å²) in [5, 5.41) is 9.86. The number of allylic oxidation sites excluding steroid dienone is 6. The fraction of sp³-hybridized carbons (Fsp3) is 0.727. The van der Waals surface area contributed by atoms with Gasteiger partial charge in [-0.25, -0.2) is 0 Å². The number of fused-ring (bicyclic) bond motifs is 5. The summed E-state index contributed by atoms with van der Waals surface area (Å²) in [5.41, 5.74) is 3.98. The quantitative estimate of drug-likeness (QED) is 0.590. The van der Waals surface area contributed by atoms with Crippen molar-refractivity contribution in [3.05, 3.63) is 35.1 Å². The van der Waals surface area contributed by atoms with Crippen LogP contribution in [-0.4, -0.2) is 5.11 Å². The van der Waals surface area contributed by atoms with Gasteiger partial charge in [-0.3, -0.25) is 0 Å². The summed E-state index contributed by atoms with van der Waals surface area (Å²) in [6, 6.07) is 0. The van der Waals surface area contributed by atoms with Gasteiger partial charge in [0.1, 0.15) is 0 Å². The minimum Gasteiger partial charge on any atom is -0.512 e. The molecule has 0 bridgehead atoms. The van der Waals surface area contributed by atoms with Gasteiger partial charge in [-0.05, 0) is 80.1 Å². The molecule has 0 aromatic carbocycles. The molecule has 4 aliphatic carbocycles. The summed E-state index contributed by atoms with van der Waals surface area (Å²) in [7, 11) is 0. The van der Waals surface area contributed by atoms with Crippen LogP contribution in [0, 0.1) is 29.1 Å². The van der Waals surface area contributed by atoms with Gasteiger partial charge in [-0.2, -0.15) is 0 Å². The van der Waals surface area contributed by atoms with Crippen LogP contribution in [0.2, 0.25) is 0 Å². The Morgan fingerprint density at radius 3 is 2.91 bits per heavy atom. The van der Waals surface area contributed by atoms with Crippen LogP contribution < -0.4 is 0 Å². The van der Waals surface area contributed by atoms with Crippen LogP contribution in [0.4, 0.5) is 0 Å². The highest BCUT2D eigenvalue weighted by Crippen LogP contribution is 2.63. The zero-order valence-electron chi connectivity index (χ0n) is 14.9. The van der Waals surface area contributed by atoms with E-state index in [1.165, 1.54) is 51.4 Å². The molecule has 5 atom stereocenters. The third-order valence-corrected chi connectivity index (χ3v) is 7.64. The van der Waals surface area contributed by atoms with Crippen molar-refractivity contribution in [2.45, 2.75) is 71.6 Å². The highest BCUT2D eigenvalue weighted by atomic mass is 16.3. The molecule has 0 heterocycles. The van der Waals surface area contributed by atoms with E-state index in [0.717, 1.165) is 24.2 Å². The van der Waals surface area contributed by atoms with Crippen LogP contribution >= 0.6 is 0 Å². The molecule has 0 spiro atoms. The predicted molar refractivity (Wildman–Crippen MR) is 96.2 cm³/mol. The molecular weight excluding hydrogens is 280 g/mol. The van der Waals surface area contributed by atoms with Crippen molar-refractivity contribution >= 4 is 0 Å². The fourth-order valence-electron chi connectivity index (χ4n) is 6.46. The molecular formula is C22H32O. The Balaban J connectivity index is 1.61. The van der Waals surface area contributed by atoms with Crippen LogP contribution in [0.15, 0.2) is 35.1 Å². The Bertz CT molecular complexity index is 567. The molecule has 4 unspecified atom stereocenters. The summed E-state index contributed by atoms with van der Waals surface area (Å²) in [6.07, 6.45) is 18.5. The van der Waals surface area contributed by atoms with Gasteiger partial charge in [0.2, 0.25) is 0 Å². The fourth-order valence-corrected chi connectivity index (χ4v) is 6.46. The Morgan fingerprint density at radius 2 is 2.09 bits per heavy atom. The summed E-state index contributed by atoms with van der Waals surface area (Å²) in [4.78, 5) is 0. The molecule has 4 rings (SSSR count). The summed E-state index contributed by atoms with van der Waals surface area (Å²) in [6.45, 7) is 4.87. The number of unbranched alkanes of at least 4 members (excludes halogenated alkanes) is 1. The summed E-state index contributed by atoms with van der Waals surface area (Å²) >= 11 is 0.